The molecule has 0 N–H and O–H groups in total. The highest BCUT2D eigenvalue weighted by molar-refractivity contribution is 5.81. The van der Waals surface area contributed by atoms with E-state index in [1.807, 2.05) is 18.2 Å². The molecule has 0 amide bonds. The quantitative estimate of drug-likeness (QED) is 0.667. The van der Waals surface area contributed by atoms with E-state index in [1.54, 1.807) is 0 Å². The van der Waals surface area contributed by atoms with Crippen LogP contribution in [0, 0.1) is 0 Å². The fourth-order valence-electron chi connectivity index (χ4n) is 2.76. The second-order valence-electron chi connectivity index (χ2n) is 4.57. The first-order valence-corrected chi connectivity index (χ1v) is 5.83. The Kier molecular flexibility index (Phi) is 2.37. The summed E-state index contributed by atoms with van der Waals surface area (Å²) < 4.78 is 0. The molecule has 1 saturated heterocycles. The molecule has 2 heteroatoms. The summed E-state index contributed by atoms with van der Waals surface area (Å²) in [4.78, 5) is 14.2. The molecule has 0 unspecified atom stereocenters. The molecular formula is C14H15NO. The highest BCUT2D eigenvalue weighted by atomic mass is 16.1. The Morgan fingerprint density at radius 1 is 1.12 bits per heavy atom. The van der Waals surface area contributed by atoms with Gasteiger partial charge < -0.3 is 0 Å². The van der Waals surface area contributed by atoms with Crippen molar-refractivity contribution in [3.8, 4) is 0 Å². The topological polar surface area (TPSA) is 20.3 Å². The second kappa shape index (κ2) is 3.87. The summed E-state index contributed by atoms with van der Waals surface area (Å²) in [6.45, 7) is 0.984. The van der Waals surface area contributed by atoms with Crippen LogP contribution in [0.3, 0.4) is 0 Å². The number of fused-ring (bicyclic) bond motifs is 1. The summed E-state index contributed by atoms with van der Waals surface area (Å²) in [6, 6.07) is 11.0. The van der Waals surface area contributed by atoms with Gasteiger partial charge >= 0.3 is 0 Å². The average Bonchev–Trinajstić information content (AvgIpc) is 2.77. The fourth-order valence-corrected chi connectivity index (χ4v) is 2.76. The van der Waals surface area contributed by atoms with Crippen LogP contribution in [0.2, 0.25) is 0 Å². The van der Waals surface area contributed by atoms with E-state index in [0.717, 1.165) is 6.54 Å². The predicted octanol–water partition coefficient (Wildman–Crippen LogP) is 2.33. The molecule has 0 saturated carbocycles. The largest absolute Gasteiger partial charge is 0.300 e. The van der Waals surface area contributed by atoms with Gasteiger partial charge in [-0.2, -0.15) is 0 Å². The first kappa shape index (κ1) is 9.79. The molecule has 1 fully saturated rings. The van der Waals surface area contributed by atoms with Gasteiger partial charge in [0, 0.05) is 31.5 Å². The minimum Gasteiger partial charge on any atom is -0.300 e. The lowest BCUT2D eigenvalue weighted by Crippen LogP contribution is -2.41. The molecular weight excluding hydrogens is 198 g/mol. The lowest BCUT2D eigenvalue weighted by atomic mass is 9.91. The van der Waals surface area contributed by atoms with Crippen LogP contribution in [0.1, 0.15) is 24.4 Å². The van der Waals surface area contributed by atoms with Crippen molar-refractivity contribution in [1.82, 2.24) is 4.90 Å². The van der Waals surface area contributed by atoms with Gasteiger partial charge in [0.2, 0.25) is 0 Å². The van der Waals surface area contributed by atoms with Crippen molar-refractivity contribution in [3.63, 3.8) is 0 Å². The number of nitrogens with zero attached hydrogens (tertiary/aromatic N) is 1. The highest BCUT2D eigenvalue weighted by Gasteiger charge is 2.35. The first-order chi connectivity index (χ1) is 7.84. The summed E-state index contributed by atoms with van der Waals surface area (Å²) >= 11 is 0. The van der Waals surface area contributed by atoms with Gasteiger partial charge in [-0.15, -0.1) is 0 Å². The summed E-state index contributed by atoms with van der Waals surface area (Å²) in [6.07, 6.45) is 5.72. The highest BCUT2D eigenvalue weighted by Crippen LogP contribution is 2.35. The smallest absolute Gasteiger partial charge is 0.136 e. The number of carbonyl (C=O) groups excluding carboxylic acids is 1. The third-order valence-electron chi connectivity index (χ3n) is 3.54. The van der Waals surface area contributed by atoms with E-state index in [9.17, 15) is 4.79 Å². The molecule has 0 aromatic heterocycles. The molecule has 2 heterocycles. The summed E-state index contributed by atoms with van der Waals surface area (Å²) in [5.74, 6) is 0.390. The fraction of sp³-hybridized carbons (Fsp3) is 0.357. The maximum atomic E-state index is 11.7. The molecule has 2 atom stereocenters. The van der Waals surface area contributed by atoms with Crippen LogP contribution in [0.25, 0.3) is 0 Å². The zero-order valence-electron chi connectivity index (χ0n) is 9.17. The summed E-state index contributed by atoms with van der Waals surface area (Å²) in [7, 11) is 0. The van der Waals surface area contributed by atoms with Crippen molar-refractivity contribution in [1.29, 1.82) is 0 Å². The molecule has 82 valence electrons. The molecule has 0 aliphatic carbocycles. The normalized spacial score (nSPS) is 29.4. The monoisotopic (exact) mass is 213 g/mol. The molecule has 2 aliphatic heterocycles. The van der Waals surface area contributed by atoms with Gasteiger partial charge in [-0.05, 0) is 5.56 Å². The molecule has 2 aliphatic rings. The Morgan fingerprint density at radius 3 is 2.75 bits per heavy atom. The Bertz CT molecular complexity index is 424. The van der Waals surface area contributed by atoms with Gasteiger partial charge in [-0.25, -0.2) is 0 Å². The lowest BCUT2D eigenvalue weighted by Gasteiger charge is -2.37. The number of ketones is 1. The van der Waals surface area contributed by atoms with Gasteiger partial charge in [-0.1, -0.05) is 42.5 Å². The molecule has 16 heavy (non-hydrogen) atoms. The Balaban J connectivity index is 1.91. The molecule has 0 spiro atoms. The van der Waals surface area contributed by atoms with Gasteiger partial charge in [0.1, 0.15) is 5.78 Å². The standard InChI is InChI=1S/C14H15NO/c16-13-9-12-7-4-8-15(12)14(10-13)11-5-2-1-3-6-11/h1-7,12,14H,8-10H2/t12-,14+/m1/s1. The van der Waals surface area contributed by atoms with Crippen molar-refractivity contribution in [3.05, 3.63) is 48.0 Å². The number of hydrogen-bond acceptors (Lipinski definition) is 2. The molecule has 2 nitrogen and oxygen atoms in total. The average molecular weight is 213 g/mol. The van der Waals surface area contributed by atoms with Crippen LogP contribution < -0.4 is 0 Å². The predicted molar refractivity (Wildman–Crippen MR) is 63.1 cm³/mol. The van der Waals surface area contributed by atoms with Gasteiger partial charge in [-0.3, -0.25) is 9.69 Å². The number of hydrogen-bond donors (Lipinski definition) is 0. The Hall–Kier alpha value is -1.41. The first-order valence-electron chi connectivity index (χ1n) is 5.83. The van der Waals surface area contributed by atoms with Crippen molar-refractivity contribution in [2.45, 2.75) is 24.9 Å². The van der Waals surface area contributed by atoms with Crippen LogP contribution in [-0.4, -0.2) is 23.3 Å². The van der Waals surface area contributed by atoms with Crippen LogP contribution in [0.4, 0.5) is 0 Å². The van der Waals surface area contributed by atoms with Crippen LogP contribution >= 0.6 is 0 Å². The lowest BCUT2D eigenvalue weighted by molar-refractivity contribution is -0.124. The van der Waals surface area contributed by atoms with Crippen LogP contribution in [0.15, 0.2) is 42.5 Å². The van der Waals surface area contributed by atoms with Crippen LogP contribution in [-0.2, 0) is 4.79 Å². The second-order valence-corrected chi connectivity index (χ2v) is 4.57. The molecule has 0 radical (unpaired) electrons. The zero-order valence-corrected chi connectivity index (χ0v) is 9.17. The summed E-state index contributed by atoms with van der Waals surface area (Å²) in [5, 5.41) is 0. The molecule has 1 aromatic carbocycles. The third-order valence-corrected chi connectivity index (χ3v) is 3.54. The van der Waals surface area contributed by atoms with Crippen molar-refractivity contribution in [2.75, 3.05) is 6.54 Å². The number of Topliss-reactive ketones (excluding diaryl/α,β-unsaturated/α-hetero) is 1. The van der Waals surface area contributed by atoms with Gasteiger partial charge in [0.05, 0.1) is 0 Å². The van der Waals surface area contributed by atoms with Gasteiger partial charge in [0.25, 0.3) is 0 Å². The van der Waals surface area contributed by atoms with Crippen LogP contribution in [0.5, 0.6) is 0 Å². The Labute approximate surface area is 95.6 Å². The summed E-state index contributed by atoms with van der Waals surface area (Å²) in [5.41, 5.74) is 1.27. The van der Waals surface area contributed by atoms with Crippen molar-refractivity contribution >= 4 is 5.78 Å². The van der Waals surface area contributed by atoms with E-state index in [1.165, 1.54) is 5.56 Å². The Morgan fingerprint density at radius 2 is 1.94 bits per heavy atom. The van der Waals surface area contributed by atoms with E-state index in [-0.39, 0.29) is 6.04 Å². The zero-order chi connectivity index (χ0) is 11.0. The van der Waals surface area contributed by atoms with E-state index in [0.29, 0.717) is 24.7 Å². The maximum Gasteiger partial charge on any atom is 0.136 e. The molecule has 0 bridgehead atoms. The maximum absolute atomic E-state index is 11.7. The van der Waals surface area contributed by atoms with E-state index >= 15 is 0 Å². The number of carbonyl (C=O) groups is 1. The number of benzene rings is 1. The molecule has 1 aromatic rings. The molecule has 3 rings (SSSR count). The number of rotatable bonds is 1. The van der Waals surface area contributed by atoms with E-state index in [4.69, 9.17) is 0 Å². The SMILES string of the molecule is O=C1C[C@H]2C=CCN2[C@H](c2ccccc2)C1. The van der Waals surface area contributed by atoms with Crippen molar-refractivity contribution < 1.29 is 4.79 Å². The van der Waals surface area contributed by atoms with E-state index in [2.05, 4.69) is 29.2 Å². The van der Waals surface area contributed by atoms with Crippen molar-refractivity contribution in [2.24, 2.45) is 0 Å². The minimum atomic E-state index is 0.280. The van der Waals surface area contributed by atoms with Gasteiger partial charge in [0.15, 0.2) is 0 Å². The van der Waals surface area contributed by atoms with E-state index < -0.39 is 0 Å². The number of piperidine rings is 1. The minimum absolute atomic E-state index is 0.280. The third kappa shape index (κ3) is 1.59.